The number of rotatable bonds is 4. The first kappa shape index (κ1) is 14.8. The third-order valence-electron chi connectivity index (χ3n) is 2.65. The first-order valence-corrected chi connectivity index (χ1v) is 5.84. The van der Waals surface area contributed by atoms with Crippen LogP contribution in [0.3, 0.4) is 0 Å². The molecule has 0 fully saturated rings. The van der Waals surface area contributed by atoms with Gasteiger partial charge in [0, 0.05) is 18.3 Å². The van der Waals surface area contributed by atoms with Crippen molar-refractivity contribution in [3.63, 3.8) is 0 Å². The molecule has 0 saturated heterocycles. The van der Waals surface area contributed by atoms with Gasteiger partial charge >= 0.3 is 5.69 Å². The fourth-order valence-corrected chi connectivity index (χ4v) is 1.59. The lowest BCUT2D eigenvalue weighted by molar-refractivity contribution is -0.387. The van der Waals surface area contributed by atoms with Gasteiger partial charge in [0.05, 0.1) is 17.1 Å². The molecule has 0 radical (unpaired) electrons. The largest absolute Gasteiger partial charge is 0.436 e. The molecule has 1 N–H and O–H groups in total. The van der Waals surface area contributed by atoms with Gasteiger partial charge in [-0.2, -0.15) is 4.39 Å². The van der Waals surface area contributed by atoms with Gasteiger partial charge in [0.1, 0.15) is 0 Å². The Balaban J connectivity index is 2.34. The number of nitrogens with zero attached hydrogens (tertiary/aromatic N) is 2. The number of hydrogen-bond donors (Lipinski definition) is 1. The SMILES string of the molecule is C[C@@H](O)c1ccnc(Oc2cc(F)c([N+](=O)[O-])cc2F)c1. The molecule has 6 nitrogen and oxygen atoms in total. The highest BCUT2D eigenvalue weighted by Crippen LogP contribution is 2.30. The molecule has 2 aromatic rings. The van der Waals surface area contributed by atoms with Gasteiger partial charge in [-0.3, -0.25) is 10.1 Å². The summed E-state index contributed by atoms with van der Waals surface area (Å²) in [6.07, 6.45) is 0.547. The van der Waals surface area contributed by atoms with Crippen LogP contribution in [0.4, 0.5) is 14.5 Å². The zero-order valence-corrected chi connectivity index (χ0v) is 10.8. The number of benzene rings is 1. The smallest absolute Gasteiger partial charge is 0.307 e. The quantitative estimate of drug-likeness (QED) is 0.692. The third-order valence-corrected chi connectivity index (χ3v) is 2.65. The van der Waals surface area contributed by atoms with Crippen LogP contribution >= 0.6 is 0 Å². The minimum atomic E-state index is -1.22. The van der Waals surface area contributed by atoms with Crippen LogP contribution in [-0.2, 0) is 0 Å². The summed E-state index contributed by atoms with van der Waals surface area (Å²) < 4.78 is 32.2. The van der Waals surface area contributed by atoms with E-state index in [1.54, 1.807) is 0 Å². The van der Waals surface area contributed by atoms with Gasteiger partial charge in [-0.05, 0) is 18.6 Å². The molecule has 0 aliphatic heterocycles. The van der Waals surface area contributed by atoms with E-state index < -0.39 is 34.1 Å². The van der Waals surface area contributed by atoms with Crippen LogP contribution in [0.1, 0.15) is 18.6 Å². The fourth-order valence-electron chi connectivity index (χ4n) is 1.59. The number of nitro groups is 1. The molecule has 0 saturated carbocycles. The predicted molar refractivity (Wildman–Crippen MR) is 68.0 cm³/mol. The lowest BCUT2D eigenvalue weighted by atomic mass is 10.2. The van der Waals surface area contributed by atoms with Crippen molar-refractivity contribution in [3.05, 3.63) is 57.8 Å². The van der Waals surface area contributed by atoms with Crippen LogP contribution in [0.25, 0.3) is 0 Å². The van der Waals surface area contributed by atoms with Gasteiger partial charge in [0.25, 0.3) is 0 Å². The normalized spacial score (nSPS) is 12.0. The van der Waals surface area contributed by atoms with E-state index in [0.29, 0.717) is 17.7 Å². The zero-order chi connectivity index (χ0) is 15.6. The number of halogens is 2. The van der Waals surface area contributed by atoms with Crippen molar-refractivity contribution in [1.29, 1.82) is 0 Å². The van der Waals surface area contributed by atoms with Crippen LogP contribution in [0, 0.1) is 21.7 Å². The topological polar surface area (TPSA) is 85.5 Å². The first-order valence-electron chi connectivity index (χ1n) is 5.84. The van der Waals surface area contributed by atoms with E-state index >= 15 is 0 Å². The van der Waals surface area contributed by atoms with Gasteiger partial charge in [-0.1, -0.05) is 0 Å². The second kappa shape index (κ2) is 5.80. The second-order valence-corrected chi connectivity index (χ2v) is 4.20. The van der Waals surface area contributed by atoms with Crippen molar-refractivity contribution in [2.45, 2.75) is 13.0 Å². The van der Waals surface area contributed by atoms with E-state index in [4.69, 9.17) is 4.74 Å². The Morgan fingerprint density at radius 3 is 2.67 bits per heavy atom. The van der Waals surface area contributed by atoms with E-state index in [-0.39, 0.29) is 5.88 Å². The average Bonchev–Trinajstić information content (AvgIpc) is 2.42. The van der Waals surface area contributed by atoms with E-state index in [1.807, 2.05) is 0 Å². The van der Waals surface area contributed by atoms with Crippen molar-refractivity contribution in [2.24, 2.45) is 0 Å². The molecule has 1 heterocycles. The summed E-state index contributed by atoms with van der Waals surface area (Å²) in [7, 11) is 0. The maximum absolute atomic E-state index is 13.7. The number of aromatic nitrogens is 1. The van der Waals surface area contributed by atoms with E-state index in [0.717, 1.165) is 0 Å². The van der Waals surface area contributed by atoms with Crippen LogP contribution in [0.15, 0.2) is 30.5 Å². The Morgan fingerprint density at radius 2 is 2.05 bits per heavy atom. The number of aliphatic hydroxyl groups is 1. The maximum Gasteiger partial charge on any atom is 0.307 e. The molecule has 110 valence electrons. The summed E-state index contributed by atoms with van der Waals surface area (Å²) in [4.78, 5) is 13.2. The lowest BCUT2D eigenvalue weighted by Gasteiger charge is -2.09. The highest BCUT2D eigenvalue weighted by molar-refractivity contribution is 5.41. The van der Waals surface area contributed by atoms with Gasteiger partial charge in [0.2, 0.25) is 11.7 Å². The van der Waals surface area contributed by atoms with Gasteiger partial charge in [-0.15, -0.1) is 0 Å². The molecule has 0 amide bonds. The summed E-state index contributed by atoms with van der Waals surface area (Å²) in [6, 6.07) is 3.89. The van der Waals surface area contributed by atoms with Gasteiger partial charge in [0.15, 0.2) is 11.6 Å². The van der Waals surface area contributed by atoms with Crippen LogP contribution in [-0.4, -0.2) is 15.0 Å². The number of ether oxygens (including phenoxy) is 1. The first-order chi connectivity index (χ1) is 9.88. The molecule has 21 heavy (non-hydrogen) atoms. The van der Waals surface area contributed by atoms with Crippen molar-refractivity contribution < 1.29 is 23.5 Å². The number of hydrogen-bond acceptors (Lipinski definition) is 5. The molecule has 1 aromatic carbocycles. The Kier molecular flexibility index (Phi) is 4.08. The molecule has 0 unspecified atom stereocenters. The molecule has 0 aliphatic carbocycles. The predicted octanol–water partition coefficient (Wildman–Crippen LogP) is 3.11. The Hall–Kier alpha value is -2.61. The average molecular weight is 296 g/mol. The highest BCUT2D eigenvalue weighted by Gasteiger charge is 2.20. The van der Waals surface area contributed by atoms with E-state index in [9.17, 15) is 24.0 Å². The summed E-state index contributed by atoms with van der Waals surface area (Å²) >= 11 is 0. The lowest BCUT2D eigenvalue weighted by Crippen LogP contribution is -1.98. The molecule has 8 heteroatoms. The third kappa shape index (κ3) is 3.29. The minimum Gasteiger partial charge on any atom is -0.436 e. The standard InChI is InChI=1S/C13H10F2N2O4/c1-7(18)8-2-3-16-13(4-8)21-12-6-9(14)11(17(19)20)5-10(12)15/h2-7,18H,1H3/t7-/m1/s1. The van der Waals surface area contributed by atoms with Crippen molar-refractivity contribution in [3.8, 4) is 11.6 Å². The van der Waals surface area contributed by atoms with Gasteiger partial charge < -0.3 is 9.84 Å². The molecule has 1 aromatic heterocycles. The summed E-state index contributed by atoms with van der Waals surface area (Å²) in [5.41, 5.74) is -0.506. The highest BCUT2D eigenvalue weighted by atomic mass is 19.1. The zero-order valence-electron chi connectivity index (χ0n) is 10.8. The van der Waals surface area contributed by atoms with Gasteiger partial charge in [-0.25, -0.2) is 9.37 Å². The molecule has 0 spiro atoms. The van der Waals surface area contributed by atoms with Crippen LogP contribution < -0.4 is 4.74 Å². The maximum atomic E-state index is 13.7. The molecule has 0 aliphatic rings. The monoisotopic (exact) mass is 296 g/mol. The fraction of sp³-hybridized carbons (Fsp3) is 0.154. The van der Waals surface area contributed by atoms with E-state index in [1.165, 1.54) is 25.3 Å². The number of pyridine rings is 1. The minimum absolute atomic E-state index is 0.0689. The number of aliphatic hydroxyl groups excluding tert-OH is 1. The Morgan fingerprint density at radius 1 is 1.33 bits per heavy atom. The molecular formula is C13H10F2N2O4. The van der Waals surface area contributed by atoms with Crippen molar-refractivity contribution in [1.82, 2.24) is 4.98 Å². The van der Waals surface area contributed by atoms with Crippen molar-refractivity contribution >= 4 is 5.69 Å². The van der Waals surface area contributed by atoms with Crippen LogP contribution in [0.2, 0.25) is 0 Å². The van der Waals surface area contributed by atoms with Crippen molar-refractivity contribution in [2.75, 3.05) is 0 Å². The summed E-state index contributed by atoms with van der Waals surface area (Å²) in [6.45, 7) is 1.52. The molecule has 0 bridgehead atoms. The Labute approximate surface area is 117 Å². The van der Waals surface area contributed by atoms with E-state index in [2.05, 4.69) is 4.98 Å². The van der Waals surface area contributed by atoms with Crippen LogP contribution in [0.5, 0.6) is 11.6 Å². The molecule has 2 rings (SSSR count). The number of nitro benzene ring substituents is 1. The molecular weight excluding hydrogens is 286 g/mol. The summed E-state index contributed by atoms with van der Waals surface area (Å²) in [5, 5.41) is 19.9. The molecule has 1 atom stereocenters. The summed E-state index contributed by atoms with van der Waals surface area (Å²) in [5.74, 6) is -2.91. The Bertz CT molecular complexity index is 692. The second-order valence-electron chi connectivity index (χ2n) is 4.20.